The van der Waals surface area contributed by atoms with Crippen LogP contribution < -0.4 is 5.32 Å². The molecule has 128 valence electrons. The van der Waals surface area contributed by atoms with Gasteiger partial charge in [-0.2, -0.15) is 9.61 Å². The zero-order chi connectivity index (χ0) is 17.5. The van der Waals surface area contributed by atoms with E-state index in [2.05, 4.69) is 32.7 Å². The number of benzene rings is 2. The molecule has 2 aromatic carbocycles. The topological polar surface area (TPSA) is 75.3 Å². The fourth-order valence-electron chi connectivity index (χ4n) is 3.60. The fourth-order valence-corrected chi connectivity index (χ4v) is 3.60. The van der Waals surface area contributed by atoms with Gasteiger partial charge in [0.2, 0.25) is 5.65 Å². The van der Waals surface area contributed by atoms with Gasteiger partial charge in [0.15, 0.2) is 0 Å². The first-order valence-corrected chi connectivity index (χ1v) is 8.58. The molecule has 5 rings (SSSR count). The van der Waals surface area contributed by atoms with Gasteiger partial charge in [0.05, 0.1) is 23.5 Å². The molecule has 2 heterocycles. The Morgan fingerprint density at radius 2 is 1.85 bits per heavy atom. The van der Waals surface area contributed by atoms with Crippen LogP contribution in [0.25, 0.3) is 16.9 Å². The van der Waals surface area contributed by atoms with Crippen LogP contribution in [0.3, 0.4) is 0 Å². The van der Waals surface area contributed by atoms with Crippen LogP contribution in [-0.4, -0.2) is 31.0 Å². The molecule has 2 atom stereocenters. The number of nitrogens with zero attached hydrogens (tertiary/aromatic N) is 4. The number of nitrogens with one attached hydrogen (secondary N) is 1. The maximum absolute atomic E-state index is 10.6. The fraction of sp³-hybridized carbons (Fsp3) is 0.150. The van der Waals surface area contributed by atoms with Crippen molar-refractivity contribution in [3.8, 4) is 11.3 Å². The van der Waals surface area contributed by atoms with Crippen LogP contribution >= 0.6 is 0 Å². The standard InChI is InChI=1S/C20H17N5O/c26-18-10-14-8-4-5-9-15(14)19(18)22-17-11-16(13-6-2-1-3-7-13)24-25-12-21-23-20(17)25/h1-9,11-12,18-19,22,26H,10H2/t18-,19+/m1/s1. The van der Waals surface area contributed by atoms with Gasteiger partial charge in [0.1, 0.15) is 6.33 Å². The molecule has 1 aliphatic carbocycles. The SMILES string of the molecule is O[C@@H]1Cc2ccccc2[C@@H]1Nc1cc(-c2ccccc2)nn2cnnc12. The average Bonchev–Trinajstić information content (AvgIpc) is 3.27. The average molecular weight is 343 g/mol. The van der Waals surface area contributed by atoms with E-state index in [1.165, 1.54) is 5.56 Å². The van der Waals surface area contributed by atoms with Crippen LogP contribution in [0, 0.1) is 0 Å². The quantitative estimate of drug-likeness (QED) is 0.598. The van der Waals surface area contributed by atoms with E-state index in [9.17, 15) is 5.11 Å². The smallest absolute Gasteiger partial charge is 0.200 e. The van der Waals surface area contributed by atoms with Crippen molar-refractivity contribution in [2.75, 3.05) is 5.32 Å². The molecule has 0 aliphatic heterocycles. The molecule has 0 unspecified atom stereocenters. The molecule has 0 saturated heterocycles. The normalized spacial score (nSPS) is 18.8. The van der Waals surface area contributed by atoms with Gasteiger partial charge in [-0.1, -0.05) is 54.6 Å². The highest BCUT2D eigenvalue weighted by Crippen LogP contribution is 2.35. The highest BCUT2D eigenvalue weighted by molar-refractivity contribution is 5.74. The highest BCUT2D eigenvalue weighted by Gasteiger charge is 2.31. The van der Waals surface area contributed by atoms with E-state index >= 15 is 0 Å². The monoisotopic (exact) mass is 343 g/mol. The molecule has 0 spiro atoms. The first-order valence-electron chi connectivity index (χ1n) is 8.58. The molecule has 0 bridgehead atoms. The second-order valence-corrected chi connectivity index (χ2v) is 6.50. The van der Waals surface area contributed by atoms with Crippen LogP contribution in [0.4, 0.5) is 5.69 Å². The molecular formula is C20H17N5O. The number of aromatic nitrogens is 4. The van der Waals surface area contributed by atoms with Gasteiger partial charge >= 0.3 is 0 Å². The lowest BCUT2D eigenvalue weighted by molar-refractivity contribution is 0.166. The number of hydrogen-bond donors (Lipinski definition) is 2. The second kappa shape index (κ2) is 5.93. The summed E-state index contributed by atoms with van der Waals surface area (Å²) >= 11 is 0. The van der Waals surface area contributed by atoms with Crippen LogP contribution in [0.5, 0.6) is 0 Å². The predicted octanol–water partition coefficient (Wildman–Crippen LogP) is 2.86. The van der Waals surface area contributed by atoms with E-state index < -0.39 is 6.10 Å². The molecule has 1 aliphatic rings. The number of hydrogen-bond acceptors (Lipinski definition) is 5. The van der Waals surface area contributed by atoms with Gasteiger partial charge in [-0.3, -0.25) is 0 Å². The molecule has 6 heteroatoms. The van der Waals surface area contributed by atoms with E-state index in [0.717, 1.165) is 22.5 Å². The van der Waals surface area contributed by atoms with Crippen molar-refractivity contribution in [2.45, 2.75) is 18.6 Å². The third-order valence-corrected chi connectivity index (χ3v) is 4.85. The van der Waals surface area contributed by atoms with Gasteiger partial charge in [-0.15, -0.1) is 10.2 Å². The molecule has 4 aromatic rings. The van der Waals surface area contributed by atoms with Crippen molar-refractivity contribution in [3.05, 3.63) is 78.1 Å². The third-order valence-electron chi connectivity index (χ3n) is 4.85. The minimum Gasteiger partial charge on any atom is -0.390 e. The summed E-state index contributed by atoms with van der Waals surface area (Å²) in [6.07, 6.45) is 1.75. The van der Waals surface area contributed by atoms with Crippen molar-refractivity contribution < 1.29 is 5.11 Å². The minimum atomic E-state index is -0.483. The summed E-state index contributed by atoms with van der Waals surface area (Å²) < 4.78 is 1.66. The maximum atomic E-state index is 10.6. The first kappa shape index (κ1) is 15.0. The number of anilines is 1. The summed E-state index contributed by atoms with van der Waals surface area (Å²) in [5.74, 6) is 0. The van der Waals surface area contributed by atoms with E-state index in [4.69, 9.17) is 0 Å². The molecule has 0 fully saturated rings. The Balaban J connectivity index is 1.60. The molecule has 26 heavy (non-hydrogen) atoms. The Bertz CT molecular complexity index is 1080. The van der Waals surface area contributed by atoms with Crippen molar-refractivity contribution in [1.82, 2.24) is 19.8 Å². The lowest BCUT2D eigenvalue weighted by atomic mass is 10.1. The molecule has 0 amide bonds. The number of rotatable bonds is 3. The molecular weight excluding hydrogens is 326 g/mol. The largest absolute Gasteiger partial charge is 0.390 e. The summed E-state index contributed by atoms with van der Waals surface area (Å²) in [5.41, 5.74) is 5.57. The van der Waals surface area contributed by atoms with Gasteiger partial charge < -0.3 is 10.4 Å². The van der Waals surface area contributed by atoms with Gasteiger partial charge in [0.25, 0.3) is 0 Å². The zero-order valence-electron chi connectivity index (χ0n) is 13.9. The lowest BCUT2D eigenvalue weighted by Gasteiger charge is -2.20. The summed E-state index contributed by atoms with van der Waals surface area (Å²) in [6.45, 7) is 0. The number of aliphatic hydroxyl groups is 1. The number of aliphatic hydroxyl groups excluding tert-OH is 1. The summed E-state index contributed by atoms with van der Waals surface area (Å²) in [7, 11) is 0. The molecule has 2 N–H and O–H groups in total. The van der Waals surface area contributed by atoms with Crippen molar-refractivity contribution in [3.63, 3.8) is 0 Å². The number of fused-ring (bicyclic) bond motifs is 2. The molecule has 6 nitrogen and oxygen atoms in total. The van der Waals surface area contributed by atoms with Crippen LogP contribution in [0.2, 0.25) is 0 Å². The molecule has 0 saturated carbocycles. The van der Waals surface area contributed by atoms with Crippen molar-refractivity contribution in [1.29, 1.82) is 0 Å². The summed E-state index contributed by atoms with van der Waals surface area (Å²) in [6, 6.07) is 19.9. The highest BCUT2D eigenvalue weighted by atomic mass is 16.3. The van der Waals surface area contributed by atoms with Gasteiger partial charge in [0, 0.05) is 12.0 Å². The van der Waals surface area contributed by atoms with Crippen molar-refractivity contribution >= 4 is 11.3 Å². The van der Waals surface area contributed by atoms with Crippen LogP contribution in [0.1, 0.15) is 17.2 Å². The zero-order valence-corrected chi connectivity index (χ0v) is 13.9. The van der Waals surface area contributed by atoms with E-state index in [-0.39, 0.29) is 6.04 Å². The maximum Gasteiger partial charge on any atom is 0.200 e. The van der Waals surface area contributed by atoms with Crippen LogP contribution in [-0.2, 0) is 6.42 Å². The Kier molecular flexibility index (Phi) is 3.43. The molecule has 0 radical (unpaired) electrons. The Morgan fingerprint density at radius 3 is 2.73 bits per heavy atom. The Labute approximate surface area is 150 Å². The van der Waals surface area contributed by atoms with E-state index in [1.54, 1.807) is 10.8 Å². The van der Waals surface area contributed by atoms with E-state index in [0.29, 0.717) is 12.1 Å². The summed E-state index contributed by atoms with van der Waals surface area (Å²) in [5, 5.41) is 26.8. The minimum absolute atomic E-state index is 0.183. The summed E-state index contributed by atoms with van der Waals surface area (Å²) in [4.78, 5) is 0. The van der Waals surface area contributed by atoms with Gasteiger partial charge in [-0.05, 0) is 17.2 Å². The van der Waals surface area contributed by atoms with Crippen LogP contribution in [0.15, 0.2) is 67.0 Å². The Morgan fingerprint density at radius 1 is 1.04 bits per heavy atom. The van der Waals surface area contributed by atoms with Gasteiger partial charge in [-0.25, -0.2) is 0 Å². The van der Waals surface area contributed by atoms with E-state index in [1.807, 2.05) is 48.5 Å². The third kappa shape index (κ3) is 2.43. The first-order chi connectivity index (χ1) is 12.8. The molecule has 2 aromatic heterocycles. The second-order valence-electron chi connectivity index (χ2n) is 6.50. The lowest BCUT2D eigenvalue weighted by Crippen LogP contribution is -2.21. The Hall–Kier alpha value is -3.25. The predicted molar refractivity (Wildman–Crippen MR) is 98.7 cm³/mol. The van der Waals surface area contributed by atoms with Crippen molar-refractivity contribution in [2.24, 2.45) is 0 Å².